The number of alkyl halides is 1. The summed E-state index contributed by atoms with van der Waals surface area (Å²) in [6.45, 7) is 3.24. The average Bonchev–Trinajstić information content (AvgIpc) is 2.14. The fraction of sp³-hybridized carbons (Fsp3) is 1.00. The zero-order valence-corrected chi connectivity index (χ0v) is 7.22. The second-order valence-electron chi connectivity index (χ2n) is 2.33. The molecule has 0 N–H and O–H groups in total. The molecule has 1 nitrogen and oxygen atoms in total. The molecular formula is C6H11IO. The Kier molecular flexibility index (Phi) is 2.56. The molecule has 0 spiro atoms. The Morgan fingerprint density at radius 1 is 1.75 bits per heavy atom. The van der Waals surface area contributed by atoms with Crippen molar-refractivity contribution in [2.24, 2.45) is 5.92 Å². The Balaban J connectivity index is 2.30. The monoisotopic (exact) mass is 226 g/mol. The van der Waals surface area contributed by atoms with E-state index in [0.717, 1.165) is 17.0 Å². The first-order valence-corrected chi connectivity index (χ1v) is 4.54. The first-order chi connectivity index (χ1) is 3.84. The molecule has 1 aliphatic heterocycles. The predicted octanol–water partition coefficient (Wildman–Crippen LogP) is 1.85. The highest BCUT2D eigenvalue weighted by Crippen LogP contribution is 2.21. The van der Waals surface area contributed by atoms with Crippen molar-refractivity contribution in [2.75, 3.05) is 11.0 Å². The van der Waals surface area contributed by atoms with Crippen LogP contribution in [0.25, 0.3) is 0 Å². The standard InChI is InChI=1S/C6H11IO/c1-5-2-3-8-6(5)4-7/h5-6H,2-4H2,1H3. The Bertz CT molecular complexity index is 74.9. The summed E-state index contributed by atoms with van der Waals surface area (Å²) in [6.07, 6.45) is 1.81. The summed E-state index contributed by atoms with van der Waals surface area (Å²) in [5, 5.41) is 0. The maximum absolute atomic E-state index is 5.41. The number of rotatable bonds is 1. The minimum atomic E-state index is 0.551. The van der Waals surface area contributed by atoms with E-state index in [9.17, 15) is 0 Å². The van der Waals surface area contributed by atoms with Gasteiger partial charge in [0, 0.05) is 11.0 Å². The van der Waals surface area contributed by atoms with Crippen molar-refractivity contribution in [3.63, 3.8) is 0 Å². The van der Waals surface area contributed by atoms with Crippen molar-refractivity contribution in [1.29, 1.82) is 0 Å². The molecule has 1 aliphatic rings. The lowest BCUT2D eigenvalue weighted by Gasteiger charge is -2.08. The van der Waals surface area contributed by atoms with Gasteiger partial charge < -0.3 is 4.74 Å². The number of hydrogen-bond acceptors (Lipinski definition) is 1. The normalized spacial score (nSPS) is 38.2. The Hall–Kier alpha value is 0.690. The highest BCUT2D eigenvalue weighted by atomic mass is 127. The summed E-state index contributed by atoms with van der Waals surface area (Å²) < 4.78 is 6.56. The third kappa shape index (κ3) is 1.35. The summed E-state index contributed by atoms with van der Waals surface area (Å²) in [7, 11) is 0. The zero-order valence-electron chi connectivity index (χ0n) is 5.06. The van der Waals surface area contributed by atoms with Gasteiger partial charge in [0.15, 0.2) is 0 Å². The highest BCUT2D eigenvalue weighted by Gasteiger charge is 2.22. The molecule has 2 unspecified atom stereocenters. The van der Waals surface area contributed by atoms with Gasteiger partial charge in [-0.15, -0.1) is 0 Å². The van der Waals surface area contributed by atoms with Crippen molar-refractivity contribution in [3.8, 4) is 0 Å². The van der Waals surface area contributed by atoms with Crippen LogP contribution >= 0.6 is 22.6 Å². The maximum Gasteiger partial charge on any atom is 0.0690 e. The SMILES string of the molecule is CC1CCOC1CI. The molecule has 8 heavy (non-hydrogen) atoms. The van der Waals surface area contributed by atoms with Crippen molar-refractivity contribution < 1.29 is 4.74 Å². The van der Waals surface area contributed by atoms with Gasteiger partial charge in [-0.25, -0.2) is 0 Å². The lowest BCUT2D eigenvalue weighted by Crippen LogP contribution is -2.13. The number of hydrogen-bond donors (Lipinski definition) is 0. The van der Waals surface area contributed by atoms with Gasteiger partial charge >= 0.3 is 0 Å². The first kappa shape index (κ1) is 6.81. The van der Waals surface area contributed by atoms with E-state index < -0.39 is 0 Å². The quantitative estimate of drug-likeness (QED) is 0.489. The lowest BCUT2D eigenvalue weighted by molar-refractivity contribution is 0.115. The van der Waals surface area contributed by atoms with Crippen molar-refractivity contribution in [1.82, 2.24) is 0 Å². The molecule has 0 aromatic heterocycles. The second kappa shape index (κ2) is 3.01. The Morgan fingerprint density at radius 2 is 2.50 bits per heavy atom. The molecule has 0 bridgehead atoms. The van der Waals surface area contributed by atoms with E-state index in [1.165, 1.54) is 6.42 Å². The minimum absolute atomic E-state index is 0.551. The molecule has 0 aliphatic carbocycles. The second-order valence-corrected chi connectivity index (χ2v) is 3.21. The molecule has 1 saturated heterocycles. The largest absolute Gasteiger partial charge is 0.377 e. The van der Waals surface area contributed by atoms with Gasteiger partial charge in [-0.05, 0) is 12.3 Å². The predicted molar refractivity (Wildman–Crippen MR) is 42.4 cm³/mol. The Labute approximate surface area is 63.9 Å². The van der Waals surface area contributed by atoms with E-state index in [-0.39, 0.29) is 0 Å². The van der Waals surface area contributed by atoms with Crippen LogP contribution in [0.15, 0.2) is 0 Å². The van der Waals surface area contributed by atoms with Crippen LogP contribution in [0, 0.1) is 5.92 Å². The van der Waals surface area contributed by atoms with Gasteiger partial charge in [-0.2, -0.15) is 0 Å². The van der Waals surface area contributed by atoms with Gasteiger partial charge in [0.25, 0.3) is 0 Å². The lowest BCUT2D eigenvalue weighted by atomic mass is 10.1. The summed E-state index contributed by atoms with van der Waals surface area (Å²) in [6, 6.07) is 0. The third-order valence-electron chi connectivity index (χ3n) is 1.69. The molecule has 1 rings (SSSR count). The summed E-state index contributed by atoms with van der Waals surface area (Å²) in [5.41, 5.74) is 0. The molecule has 0 aromatic carbocycles. The van der Waals surface area contributed by atoms with E-state index >= 15 is 0 Å². The fourth-order valence-electron chi connectivity index (χ4n) is 0.952. The van der Waals surface area contributed by atoms with E-state index in [0.29, 0.717) is 6.10 Å². The van der Waals surface area contributed by atoms with Gasteiger partial charge in [0.1, 0.15) is 0 Å². The van der Waals surface area contributed by atoms with E-state index in [1.807, 2.05) is 0 Å². The zero-order chi connectivity index (χ0) is 5.98. The maximum atomic E-state index is 5.41. The molecule has 48 valence electrons. The van der Waals surface area contributed by atoms with Crippen molar-refractivity contribution >= 4 is 22.6 Å². The smallest absolute Gasteiger partial charge is 0.0690 e. The molecule has 2 heteroatoms. The molecule has 0 aromatic rings. The Morgan fingerprint density at radius 3 is 2.75 bits per heavy atom. The summed E-state index contributed by atoms with van der Waals surface area (Å²) in [4.78, 5) is 0. The average molecular weight is 226 g/mol. The van der Waals surface area contributed by atoms with Crippen molar-refractivity contribution in [2.45, 2.75) is 19.4 Å². The molecule has 0 radical (unpaired) electrons. The van der Waals surface area contributed by atoms with Crippen LogP contribution in [0.4, 0.5) is 0 Å². The molecule has 1 heterocycles. The topological polar surface area (TPSA) is 9.23 Å². The van der Waals surface area contributed by atoms with Crippen LogP contribution in [0.1, 0.15) is 13.3 Å². The van der Waals surface area contributed by atoms with Crippen LogP contribution in [-0.2, 0) is 4.74 Å². The highest BCUT2D eigenvalue weighted by molar-refractivity contribution is 14.1. The van der Waals surface area contributed by atoms with E-state index in [4.69, 9.17) is 4.74 Å². The molecule has 0 amide bonds. The van der Waals surface area contributed by atoms with Crippen LogP contribution in [-0.4, -0.2) is 17.1 Å². The van der Waals surface area contributed by atoms with Crippen LogP contribution in [0.2, 0.25) is 0 Å². The molecule has 0 saturated carbocycles. The van der Waals surface area contributed by atoms with Gasteiger partial charge in [-0.3, -0.25) is 0 Å². The minimum Gasteiger partial charge on any atom is -0.377 e. The van der Waals surface area contributed by atoms with Crippen LogP contribution in [0.3, 0.4) is 0 Å². The molecular weight excluding hydrogens is 215 g/mol. The van der Waals surface area contributed by atoms with E-state index in [2.05, 4.69) is 29.5 Å². The van der Waals surface area contributed by atoms with E-state index in [1.54, 1.807) is 0 Å². The van der Waals surface area contributed by atoms with Crippen LogP contribution < -0.4 is 0 Å². The number of ether oxygens (including phenoxy) is 1. The first-order valence-electron chi connectivity index (χ1n) is 3.02. The van der Waals surface area contributed by atoms with Crippen molar-refractivity contribution in [3.05, 3.63) is 0 Å². The molecule has 1 fully saturated rings. The van der Waals surface area contributed by atoms with Gasteiger partial charge in [0.2, 0.25) is 0 Å². The third-order valence-corrected chi connectivity index (χ3v) is 2.56. The van der Waals surface area contributed by atoms with Crippen LogP contribution in [0.5, 0.6) is 0 Å². The summed E-state index contributed by atoms with van der Waals surface area (Å²) in [5.74, 6) is 0.798. The van der Waals surface area contributed by atoms with Gasteiger partial charge in [0.05, 0.1) is 6.10 Å². The summed E-state index contributed by atoms with van der Waals surface area (Å²) >= 11 is 2.38. The number of halogens is 1. The fourth-order valence-corrected chi connectivity index (χ4v) is 2.07. The van der Waals surface area contributed by atoms with Gasteiger partial charge in [-0.1, -0.05) is 29.5 Å². The molecule has 2 atom stereocenters.